The van der Waals surface area contributed by atoms with E-state index in [0.29, 0.717) is 35.7 Å². The van der Waals surface area contributed by atoms with Crippen LogP contribution in [-0.4, -0.2) is 64.0 Å². The number of rotatable bonds is 13. The topological polar surface area (TPSA) is 113 Å². The Bertz CT molecular complexity index is 1260. The van der Waals surface area contributed by atoms with Gasteiger partial charge in [0.25, 0.3) is 11.8 Å². The number of aromatic nitrogens is 1. The quantitative estimate of drug-likeness (QED) is 0.332. The van der Waals surface area contributed by atoms with Gasteiger partial charge in [0.2, 0.25) is 5.89 Å². The maximum atomic E-state index is 14.3. The molecule has 0 saturated heterocycles. The van der Waals surface area contributed by atoms with Crippen molar-refractivity contribution >= 4 is 11.8 Å². The van der Waals surface area contributed by atoms with Crippen molar-refractivity contribution in [1.29, 1.82) is 0 Å². The summed E-state index contributed by atoms with van der Waals surface area (Å²) in [4.78, 5) is 35.8. The van der Waals surface area contributed by atoms with E-state index >= 15 is 0 Å². The van der Waals surface area contributed by atoms with Crippen molar-refractivity contribution in [2.45, 2.75) is 64.5 Å². The molecule has 4 rings (SSSR count). The summed E-state index contributed by atoms with van der Waals surface area (Å²) in [7, 11) is 0. The molecule has 1 atom stereocenters. The number of hydrogen-bond donors (Lipinski definition) is 2. The maximum Gasteiger partial charge on any atom is 0.254 e. The minimum Gasteiger partial charge on any atom is -0.445 e. The van der Waals surface area contributed by atoms with Gasteiger partial charge in [-0.25, -0.2) is 4.98 Å². The zero-order valence-corrected chi connectivity index (χ0v) is 23.2. The standard InChI is InChI=1S/C31H40N4O4/c1-4-13-34(14-5-2)29(37)24-17-23(28-33-12-15-39-28)18-25(19-24)30(38)35(21-27(36)20-32)31(10-11-31)26-9-7-8-22(6-3)16-26/h7-9,12,15-19,27,36H,4-6,10-11,13-14,20-21,32H2,1-3H3/t27-/m0/s1. The summed E-state index contributed by atoms with van der Waals surface area (Å²) in [6, 6.07) is 13.4. The molecule has 39 heavy (non-hydrogen) atoms. The Labute approximate surface area is 230 Å². The zero-order valence-electron chi connectivity index (χ0n) is 23.2. The fourth-order valence-electron chi connectivity index (χ4n) is 5.21. The smallest absolute Gasteiger partial charge is 0.254 e. The van der Waals surface area contributed by atoms with Crippen LogP contribution in [0.3, 0.4) is 0 Å². The number of amides is 2. The molecule has 1 saturated carbocycles. The number of hydrogen-bond acceptors (Lipinski definition) is 6. The van der Waals surface area contributed by atoms with Crippen molar-refractivity contribution in [2.75, 3.05) is 26.2 Å². The minimum atomic E-state index is -0.874. The van der Waals surface area contributed by atoms with Gasteiger partial charge >= 0.3 is 0 Å². The number of benzene rings is 2. The summed E-state index contributed by atoms with van der Waals surface area (Å²) in [5.74, 6) is -0.0602. The monoisotopic (exact) mass is 532 g/mol. The average Bonchev–Trinajstić information content (AvgIpc) is 3.58. The van der Waals surface area contributed by atoms with Gasteiger partial charge < -0.3 is 25.1 Å². The van der Waals surface area contributed by atoms with Crippen LogP contribution in [0.5, 0.6) is 0 Å². The van der Waals surface area contributed by atoms with Gasteiger partial charge in [0.05, 0.1) is 17.8 Å². The van der Waals surface area contributed by atoms with Crippen molar-refractivity contribution in [1.82, 2.24) is 14.8 Å². The third-order valence-corrected chi connectivity index (χ3v) is 7.40. The highest BCUT2D eigenvalue weighted by Crippen LogP contribution is 2.52. The van der Waals surface area contributed by atoms with Gasteiger partial charge in [-0.3, -0.25) is 9.59 Å². The molecule has 1 aliphatic rings. The molecule has 208 valence electrons. The molecule has 2 aromatic carbocycles. The van der Waals surface area contributed by atoms with Gasteiger partial charge in [-0.05, 0) is 61.4 Å². The Morgan fingerprint density at radius 3 is 2.31 bits per heavy atom. The molecule has 0 radical (unpaired) electrons. The van der Waals surface area contributed by atoms with Crippen LogP contribution in [0.25, 0.3) is 11.5 Å². The second-order valence-electron chi connectivity index (χ2n) is 10.3. The predicted octanol–water partition coefficient (Wildman–Crippen LogP) is 4.62. The number of aryl methyl sites for hydroxylation is 1. The molecule has 1 aromatic heterocycles. The lowest BCUT2D eigenvalue weighted by atomic mass is 9.97. The van der Waals surface area contributed by atoms with E-state index in [1.807, 2.05) is 30.9 Å². The van der Waals surface area contributed by atoms with Crippen molar-refractivity contribution < 1.29 is 19.1 Å². The van der Waals surface area contributed by atoms with E-state index < -0.39 is 11.6 Å². The van der Waals surface area contributed by atoms with Gasteiger partial charge in [0.15, 0.2) is 0 Å². The molecule has 2 amide bonds. The number of carbonyl (C=O) groups is 2. The van der Waals surface area contributed by atoms with Crippen LogP contribution in [0.2, 0.25) is 0 Å². The summed E-state index contributed by atoms with van der Waals surface area (Å²) in [6.07, 6.45) is 6.26. The average molecular weight is 533 g/mol. The molecule has 8 nitrogen and oxygen atoms in total. The molecular formula is C31H40N4O4. The van der Waals surface area contributed by atoms with E-state index in [1.165, 1.54) is 18.0 Å². The molecule has 0 bridgehead atoms. The van der Waals surface area contributed by atoms with Crippen LogP contribution in [0, 0.1) is 0 Å². The molecule has 1 fully saturated rings. The predicted molar refractivity (Wildman–Crippen MR) is 151 cm³/mol. The Morgan fingerprint density at radius 1 is 1.05 bits per heavy atom. The molecule has 3 N–H and O–H groups in total. The second kappa shape index (κ2) is 12.6. The molecule has 0 unspecified atom stereocenters. The van der Waals surface area contributed by atoms with Gasteiger partial charge in [0.1, 0.15) is 6.26 Å². The van der Waals surface area contributed by atoms with Crippen LogP contribution >= 0.6 is 0 Å². The van der Waals surface area contributed by atoms with Gasteiger partial charge in [-0.15, -0.1) is 0 Å². The highest BCUT2D eigenvalue weighted by Gasteiger charge is 2.52. The lowest BCUT2D eigenvalue weighted by Crippen LogP contribution is -2.46. The molecule has 8 heteroatoms. The van der Waals surface area contributed by atoms with E-state index in [-0.39, 0.29) is 24.9 Å². The van der Waals surface area contributed by atoms with Gasteiger partial charge in [-0.1, -0.05) is 45.0 Å². The van der Waals surface area contributed by atoms with Crippen molar-refractivity contribution in [3.8, 4) is 11.5 Å². The Kier molecular flexibility index (Phi) is 9.20. The number of carbonyl (C=O) groups excluding carboxylic acids is 2. The zero-order chi connectivity index (χ0) is 28.0. The van der Waals surface area contributed by atoms with E-state index in [0.717, 1.165) is 37.7 Å². The number of aliphatic hydroxyl groups is 1. The van der Waals surface area contributed by atoms with Gasteiger partial charge in [0, 0.05) is 42.9 Å². The van der Waals surface area contributed by atoms with Crippen molar-refractivity contribution in [2.24, 2.45) is 5.73 Å². The highest BCUT2D eigenvalue weighted by molar-refractivity contribution is 6.01. The third-order valence-electron chi connectivity index (χ3n) is 7.40. The van der Waals surface area contributed by atoms with Gasteiger partial charge in [-0.2, -0.15) is 0 Å². The second-order valence-corrected chi connectivity index (χ2v) is 10.3. The van der Waals surface area contributed by atoms with Crippen LogP contribution in [-0.2, 0) is 12.0 Å². The van der Waals surface area contributed by atoms with E-state index in [9.17, 15) is 14.7 Å². The van der Waals surface area contributed by atoms with Crippen molar-refractivity contribution in [3.63, 3.8) is 0 Å². The maximum absolute atomic E-state index is 14.3. The normalized spacial score (nSPS) is 14.6. The van der Waals surface area contributed by atoms with Crippen LogP contribution in [0.1, 0.15) is 78.3 Å². The van der Waals surface area contributed by atoms with Crippen LogP contribution in [0.4, 0.5) is 0 Å². The minimum absolute atomic E-state index is 0.0396. The SMILES string of the molecule is CCCN(CCC)C(=O)c1cc(C(=O)N(C[C@@H](O)CN)C2(c3cccc(CC)c3)CC2)cc(-c2ncco2)c1. The van der Waals surface area contributed by atoms with E-state index in [1.54, 1.807) is 23.1 Å². The highest BCUT2D eigenvalue weighted by atomic mass is 16.3. The summed E-state index contributed by atoms with van der Waals surface area (Å²) >= 11 is 0. The fourth-order valence-corrected chi connectivity index (χ4v) is 5.21. The summed E-state index contributed by atoms with van der Waals surface area (Å²) in [6.45, 7) is 7.57. The Balaban J connectivity index is 1.79. The van der Waals surface area contributed by atoms with Crippen LogP contribution < -0.4 is 5.73 Å². The number of oxazole rings is 1. The van der Waals surface area contributed by atoms with E-state index in [4.69, 9.17) is 10.2 Å². The third kappa shape index (κ3) is 6.23. The number of aliphatic hydroxyl groups excluding tert-OH is 1. The summed E-state index contributed by atoms with van der Waals surface area (Å²) in [5, 5.41) is 10.6. The first-order valence-corrected chi connectivity index (χ1v) is 14.0. The molecule has 0 spiro atoms. The summed E-state index contributed by atoms with van der Waals surface area (Å²) < 4.78 is 5.54. The largest absolute Gasteiger partial charge is 0.445 e. The van der Waals surface area contributed by atoms with Crippen molar-refractivity contribution in [3.05, 3.63) is 77.2 Å². The summed E-state index contributed by atoms with van der Waals surface area (Å²) in [5.41, 5.74) is 8.82. The fraction of sp³-hybridized carbons (Fsp3) is 0.452. The van der Waals surface area contributed by atoms with Crippen LogP contribution in [0.15, 0.2) is 59.3 Å². The Hall–Kier alpha value is -3.49. The number of nitrogens with two attached hydrogens (primary N) is 1. The Morgan fingerprint density at radius 2 is 1.74 bits per heavy atom. The molecule has 0 aliphatic heterocycles. The lowest BCUT2D eigenvalue weighted by molar-refractivity contribution is 0.0479. The number of nitrogens with zero attached hydrogens (tertiary/aromatic N) is 3. The van der Waals surface area contributed by atoms with E-state index in [2.05, 4.69) is 24.0 Å². The first kappa shape index (κ1) is 28.5. The molecule has 1 aliphatic carbocycles. The first-order valence-electron chi connectivity index (χ1n) is 14.0. The first-order chi connectivity index (χ1) is 18.9. The molecular weight excluding hydrogens is 492 g/mol. The molecule has 1 heterocycles. The lowest BCUT2D eigenvalue weighted by Gasteiger charge is -2.34. The molecule has 3 aromatic rings.